The van der Waals surface area contributed by atoms with Gasteiger partial charge < -0.3 is 5.73 Å². The molecule has 0 bridgehead atoms. The molecule has 6 heteroatoms. The lowest BCUT2D eigenvalue weighted by molar-refractivity contribution is 0.853. The Bertz CT molecular complexity index is 542. The second-order valence-corrected chi connectivity index (χ2v) is 5.99. The molecule has 3 heterocycles. The van der Waals surface area contributed by atoms with E-state index < -0.39 is 0 Å². The number of H-pyrrole nitrogens is 1. The lowest BCUT2D eigenvalue weighted by Gasteiger charge is -2.29. The quantitative estimate of drug-likeness (QED) is 0.819. The molecule has 2 aromatic heterocycles. The van der Waals surface area contributed by atoms with E-state index in [0.717, 1.165) is 11.4 Å². The van der Waals surface area contributed by atoms with Crippen LogP contribution < -0.4 is 10.0 Å². The van der Waals surface area contributed by atoms with Crippen molar-refractivity contribution in [2.75, 3.05) is 4.31 Å². The predicted molar refractivity (Wildman–Crippen MR) is 72.9 cm³/mol. The average Bonchev–Trinajstić information content (AvgIpc) is 2.98. The Kier molecular flexibility index (Phi) is 2.70. The molecule has 0 spiro atoms. The first kappa shape index (κ1) is 10.9. The normalized spacial score (nSPS) is 16.6. The summed E-state index contributed by atoms with van der Waals surface area (Å²) in [5.74, 6) is 0. The number of nitrogens with one attached hydrogen (secondary N) is 1. The lowest BCUT2D eigenvalue weighted by Crippen LogP contribution is -2.29. The summed E-state index contributed by atoms with van der Waals surface area (Å²) in [6.45, 7) is 2.00. The summed E-state index contributed by atoms with van der Waals surface area (Å²) in [6.07, 6.45) is 5.84. The maximum absolute atomic E-state index is 6.04. The standard InChI is InChI=1S/C11H12N4S2/c1-7(12)10-4-8-2-3-16-11(8)17-15(10)9-5-13-14-6-9/h2-7H,12H2,1H3,(H,13,14)/t7-/m0/s1. The minimum absolute atomic E-state index is 0.00884. The van der Waals surface area contributed by atoms with Gasteiger partial charge in [-0.1, -0.05) is 0 Å². The third-order valence-corrected chi connectivity index (χ3v) is 4.80. The van der Waals surface area contributed by atoms with Crippen molar-refractivity contribution < 1.29 is 0 Å². The fourth-order valence-corrected chi connectivity index (χ4v) is 3.80. The minimum atomic E-state index is -0.00884. The Labute approximate surface area is 108 Å². The van der Waals surface area contributed by atoms with Crippen LogP contribution in [0, 0.1) is 0 Å². The highest BCUT2D eigenvalue weighted by molar-refractivity contribution is 8.02. The van der Waals surface area contributed by atoms with Gasteiger partial charge in [-0.2, -0.15) is 5.10 Å². The van der Waals surface area contributed by atoms with Gasteiger partial charge in [0.05, 0.1) is 16.1 Å². The smallest absolute Gasteiger partial charge is 0.0902 e. The third kappa shape index (κ3) is 1.88. The molecule has 88 valence electrons. The summed E-state index contributed by atoms with van der Waals surface area (Å²) in [4.78, 5) is 0. The summed E-state index contributed by atoms with van der Waals surface area (Å²) >= 11 is 3.45. The summed E-state index contributed by atoms with van der Waals surface area (Å²) in [5, 5.41) is 8.93. The van der Waals surface area contributed by atoms with Gasteiger partial charge in [-0.3, -0.25) is 9.40 Å². The van der Waals surface area contributed by atoms with Crippen LogP contribution in [0.5, 0.6) is 0 Å². The SMILES string of the molecule is C[C@H](N)C1=Cc2ccsc2SN1c1cn[nH]c1. The average molecular weight is 264 g/mol. The molecule has 3 N–H and O–H groups in total. The molecule has 0 amide bonds. The number of nitrogens with two attached hydrogens (primary N) is 1. The van der Waals surface area contributed by atoms with E-state index in [1.54, 1.807) is 23.3 Å². The topological polar surface area (TPSA) is 57.9 Å². The number of fused-ring (bicyclic) bond motifs is 1. The molecule has 0 saturated carbocycles. The summed E-state index contributed by atoms with van der Waals surface area (Å²) in [6, 6.07) is 2.12. The fourth-order valence-electron chi connectivity index (χ4n) is 1.71. The molecule has 4 nitrogen and oxygen atoms in total. The van der Waals surface area contributed by atoms with Crippen molar-refractivity contribution >= 4 is 35.0 Å². The van der Waals surface area contributed by atoms with Crippen LogP contribution in [0.4, 0.5) is 5.69 Å². The monoisotopic (exact) mass is 264 g/mol. The van der Waals surface area contributed by atoms with E-state index in [-0.39, 0.29) is 6.04 Å². The van der Waals surface area contributed by atoms with Gasteiger partial charge >= 0.3 is 0 Å². The summed E-state index contributed by atoms with van der Waals surface area (Å²) < 4.78 is 3.42. The number of thiophene rings is 1. The Morgan fingerprint density at radius 2 is 2.41 bits per heavy atom. The molecular formula is C11H12N4S2. The van der Waals surface area contributed by atoms with E-state index in [4.69, 9.17) is 5.73 Å². The van der Waals surface area contributed by atoms with Crippen LogP contribution in [0.15, 0.2) is 33.7 Å². The molecule has 1 atom stereocenters. The largest absolute Gasteiger partial charge is 0.323 e. The van der Waals surface area contributed by atoms with Crippen LogP contribution in [0.25, 0.3) is 6.08 Å². The Morgan fingerprint density at radius 3 is 3.12 bits per heavy atom. The van der Waals surface area contributed by atoms with E-state index in [2.05, 4.69) is 32.0 Å². The van der Waals surface area contributed by atoms with E-state index in [1.165, 1.54) is 9.77 Å². The number of hydrogen-bond donors (Lipinski definition) is 2. The highest BCUT2D eigenvalue weighted by Crippen LogP contribution is 2.42. The van der Waals surface area contributed by atoms with Gasteiger partial charge in [-0.15, -0.1) is 11.3 Å². The van der Waals surface area contributed by atoms with Crippen molar-refractivity contribution in [1.29, 1.82) is 0 Å². The van der Waals surface area contributed by atoms with Crippen molar-refractivity contribution in [3.63, 3.8) is 0 Å². The first-order chi connectivity index (χ1) is 8.25. The molecule has 0 aliphatic carbocycles. The van der Waals surface area contributed by atoms with E-state index in [1.807, 2.05) is 19.3 Å². The molecule has 0 aromatic carbocycles. The maximum Gasteiger partial charge on any atom is 0.0902 e. The van der Waals surface area contributed by atoms with Gasteiger partial charge in [0, 0.05) is 35.4 Å². The van der Waals surface area contributed by atoms with Crippen LogP contribution in [0.1, 0.15) is 12.5 Å². The zero-order valence-electron chi connectivity index (χ0n) is 9.25. The maximum atomic E-state index is 6.04. The highest BCUT2D eigenvalue weighted by atomic mass is 32.2. The molecular weight excluding hydrogens is 252 g/mol. The van der Waals surface area contributed by atoms with Crippen molar-refractivity contribution in [1.82, 2.24) is 10.2 Å². The van der Waals surface area contributed by atoms with Crippen LogP contribution in [0.3, 0.4) is 0 Å². The molecule has 0 radical (unpaired) electrons. The second-order valence-electron chi connectivity index (χ2n) is 3.86. The van der Waals surface area contributed by atoms with Crippen molar-refractivity contribution in [3.05, 3.63) is 35.1 Å². The summed E-state index contributed by atoms with van der Waals surface area (Å²) in [5.41, 5.74) is 9.42. The number of hydrogen-bond acceptors (Lipinski definition) is 5. The van der Waals surface area contributed by atoms with Gasteiger partial charge in [-0.05, 0) is 24.4 Å². The molecule has 17 heavy (non-hydrogen) atoms. The third-order valence-electron chi connectivity index (χ3n) is 2.56. The first-order valence-corrected chi connectivity index (χ1v) is 6.92. The van der Waals surface area contributed by atoms with Crippen LogP contribution in [0.2, 0.25) is 0 Å². The van der Waals surface area contributed by atoms with Gasteiger partial charge in [0.1, 0.15) is 0 Å². The van der Waals surface area contributed by atoms with Crippen LogP contribution in [-0.2, 0) is 0 Å². The summed E-state index contributed by atoms with van der Waals surface area (Å²) in [7, 11) is 0. The van der Waals surface area contributed by atoms with Crippen LogP contribution >= 0.6 is 23.3 Å². The lowest BCUT2D eigenvalue weighted by atomic mass is 10.2. The fraction of sp³-hybridized carbons (Fsp3) is 0.182. The molecule has 0 fully saturated rings. The predicted octanol–water partition coefficient (Wildman–Crippen LogP) is 2.69. The van der Waals surface area contributed by atoms with E-state index in [0.29, 0.717) is 0 Å². The number of anilines is 1. The van der Waals surface area contributed by atoms with Crippen LogP contribution in [-0.4, -0.2) is 16.2 Å². The van der Waals surface area contributed by atoms with Crippen molar-refractivity contribution in [2.24, 2.45) is 5.73 Å². The Balaban J connectivity index is 2.06. The van der Waals surface area contributed by atoms with Gasteiger partial charge in [0.25, 0.3) is 0 Å². The van der Waals surface area contributed by atoms with Crippen molar-refractivity contribution in [2.45, 2.75) is 17.2 Å². The number of rotatable bonds is 2. The number of aromatic nitrogens is 2. The van der Waals surface area contributed by atoms with Gasteiger partial charge in [0.15, 0.2) is 0 Å². The first-order valence-electron chi connectivity index (χ1n) is 5.27. The molecule has 0 saturated heterocycles. The van der Waals surface area contributed by atoms with Gasteiger partial charge in [0.2, 0.25) is 0 Å². The number of aromatic amines is 1. The molecule has 1 aliphatic heterocycles. The molecule has 3 rings (SSSR count). The Morgan fingerprint density at radius 1 is 1.53 bits per heavy atom. The Hall–Kier alpha value is -1.24. The highest BCUT2D eigenvalue weighted by Gasteiger charge is 2.24. The number of nitrogens with zero attached hydrogens (tertiary/aromatic N) is 2. The molecule has 1 aliphatic rings. The molecule has 2 aromatic rings. The van der Waals surface area contributed by atoms with Crippen molar-refractivity contribution in [3.8, 4) is 0 Å². The zero-order chi connectivity index (χ0) is 11.8. The van der Waals surface area contributed by atoms with E-state index in [9.17, 15) is 0 Å². The zero-order valence-corrected chi connectivity index (χ0v) is 10.9. The van der Waals surface area contributed by atoms with Gasteiger partial charge in [-0.25, -0.2) is 0 Å². The minimum Gasteiger partial charge on any atom is -0.323 e. The van der Waals surface area contributed by atoms with E-state index >= 15 is 0 Å². The molecule has 0 unspecified atom stereocenters. The second kappa shape index (κ2) is 4.21.